The summed E-state index contributed by atoms with van der Waals surface area (Å²) in [6, 6.07) is 12.5. The third kappa shape index (κ3) is 5.45. The molecule has 0 aromatic heterocycles. The molecule has 1 heterocycles. The van der Waals surface area contributed by atoms with E-state index in [-0.39, 0.29) is 30.2 Å². The summed E-state index contributed by atoms with van der Waals surface area (Å²) in [6.45, 7) is 4.29. The lowest BCUT2D eigenvalue weighted by Crippen LogP contribution is -2.40. The predicted molar refractivity (Wildman–Crippen MR) is 123 cm³/mol. The summed E-state index contributed by atoms with van der Waals surface area (Å²) in [4.78, 5) is 38.7. The van der Waals surface area contributed by atoms with Crippen LogP contribution >= 0.6 is 0 Å². The smallest absolute Gasteiger partial charge is 0.254 e. The monoisotopic (exact) mass is 436 g/mol. The molecule has 0 radical (unpaired) electrons. The van der Waals surface area contributed by atoms with Crippen LogP contribution in [0.4, 0.5) is 17.1 Å². The Hall–Kier alpha value is -3.39. The van der Waals surface area contributed by atoms with E-state index in [9.17, 15) is 14.4 Å². The van der Waals surface area contributed by atoms with Gasteiger partial charge in [0.25, 0.3) is 5.91 Å². The number of anilines is 3. The summed E-state index contributed by atoms with van der Waals surface area (Å²) in [5, 5.41) is 8.92. The zero-order chi connectivity index (χ0) is 22.5. The molecule has 168 valence electrons. The Morgan fingerprint density at radius 3 is 2.34 bits per heavy atom. The standard InChI is InChI=1S/C24H28N4O4/c1-16-20(3-2-4-21(16)27-23(30)17-5-6-17)25-15-22(29)26-19-9-7-18(8-10-19)24(31)28-11-13-32-14-12-28/h2-4,7-10,17,25H,5-6,11-15H2,1H3,(H,26,29)(H,27,30). The van der Waals surface area contributed by atoms with Gasteiger partial charge in [-0.25, -0.2) is 0 Å². The van der Waals surface area contributed by atoms with Gasteiger partial charge in [-0.3, -0.25) is 14.4 Å². The van der Waals surface area contributed by atoms with Crippen molar-refractivity contribution < 1.29 is 19.1 Å². The SMILES string of the molecule is Cc1c(NCC(=O)Nc2ccc(C(=O)N3CCOCC3)cc2)cccc1NC(=O)C1CC1. The highest BCUT2D eigenvalue weighted by Crippen LogP contribution is 2.31. The minimum atomic E-state index is -0.205. The van der Waals surface area contributed by atoms with Gasteiger partial charge in [0.05, 0.1) is 19.8 Å². The maximum Gasteiger partial charge on any atom is 0.254 e. The van der Waals surface area contributed by atoms with Crippen molar-refractivity contribution in [2.45, 2.75) is 19.8 Å². The van der Waals surface area contributed by atoms with Crippen LogP contribution in [-0.2, 0) is 14.3 Å². The van der Waals surface area contributed by atoms with Crippen LogP contribution in [0.25, 0.3) is 0 Å². The van der Waals surface area contributed by atoms with E-state index >= 15 is 0 Å². The molecule has 0 spiro atoms. The fraction of sp³-hybridized carbons (Fsp3) is 0.375. The van der Waals surface area contributed by atoms with Gasteiger partial charge < -0.3 is 25.6 Å². The second-order valence-electron chi connectivity index (χ2n) is 8.13. The van der Waals surface area contributed by atoms with Crippen LogP contribution in [0, 0.1) is 12.8 Å². The number of nitrogens with one attached hydrogen (secondary N) is 3. The van der Waals surface area contributed by atoms with Gasteiger partial charge in [-0.05, 0) is 61.7 Å². The highest BCUT2D eigenvalue weighted by Gasteiger charge is 2.29. The van der Waals surface area contributed by atoms with Gasteiger partial charge in [-0.15, -0.1) is 0 Å². The lowest BCUT2D eigenvalue weighted by molar-refractivity contribution is -0.117. The molecule has 1 saturated carbocycles. The van der Waals surface area contributed by atoms with E-state index in [2.05, 4.69) is 16.0 Å². The fourth-order valence-electron chi connectivity index (χ4n) is 3.57. The van der Waals surface area contributed by atoms with E-state index in [1.165, 1.54) is 0 Å². The molecule has 1 saturated heterocycles. The van der Waals surface area contributed by atoms with Crippen LogP contribution < -0.4 is 16.0 Å². The van der Waals surface area contributed by atoms with E-state index < -0.39 is 0 Å². The zero-order valence-corrected chi connectivity index (χ0v) is 18.1. The van der Waals surface area contributed by atoms with Gasteiger partial charge in [0.1, 0.15) is 0 Å². The molecule has 0 bridgehead atoms. The highest BCUT2D eigenvalue weighted by molar-refractivity contribution is 5.97. The van der Waals surface area contributed by atoms with E-state index in [4.69, 9.17) is 4.74 Å². The quantitative estimate of drug-likeness (QED) is 0.620. The molecule has 2 aromatic carbocycles. The Bertz CT molecular complexity index is 996. The molecule has 2 fully saturated rings. The molecule has 3 amide bonds. The average Bonchev–Trinajstić information content (AvgIpc) is 3.66. The van der Waals surface area contributed by atoms with Crippen molar-refractivity contribution in [2.75, 3.05) is 48.8 Å². The number of amides is 3. The van der Waals surface area contributed by atoms with Crippen LogP contribution in [0.15, 0.2) is 42.5 Å². The van der Waals surface area contributed by atoms with Crippen molar-refractivity contribution in [2.24, 2.45) is 5.92 Å². The minimum absolute atomic E-state index is 0.0306. The van der Waals surface area contributed by atoms with Crippen molar-refractivity contribution >= 4 is 34.8 Å². The predicted octanol–water partition coefficient (Wildman–Crippen LogP) is 2.87. The van der Waals surface area contributed by atoms with Crippen LogP contribution in [0.2, 0.25) is 0 Å². The molecular formula is C24H28N4O4. The Labute approximate surface area is 187 Å². The number of carbonyl (C=O) groups excluding carboxylic acids is 3. The minimum Gasteiger partial charge on any atom is -0.378 e. The summed E-state index contributed by atoms with van der Waals surface area (Å²) >= 11 is 0. The lowest BCUT2D eigenvalue weighted by Gasteiger charge is -2.26. The summed E-state index contributed by atoms with van der Waals surface area (Å²) in [5.74, 6) is -0.0491. The van der Waals surface area contributed by atoms with E-state index in [1.807, 2.05) is 25.1 Å². The molecular weight excluding hydrogens is 408 g/mol. The first kappa shape index (κ1) is 21.8. The Morgan fingerprint density at radius 1 is 0.969 bits per heavy atom. The topological polar surface area (TPSA) is 99.8 Å². The van der Waals surface area contributed by atoms with Gasteiger partial charge in [0, 0.05) is 41.6 Å². The Morgan fingerprint density at radius 2 is 1.66 bits per heavy atom. The summed E-state index contributed by atoms with van der Waals surface area (Å²) < 4.78 is 5.28. The number of benzene rings is 2. The van der Waals surface area contributed by atoms with Crippen molar-refractivity contribution in [1.29, 1.82) is 0 Å². The van der Waals surface area contributed by atoms with Crippen LogP contribution in [-0.4, -0.2) is 55.5 Å². The number of nitrogens with zero attached hydrogens (tertiary/aromatic N) is 1. The normalized spacial score (nSPS) is 15.7. The first-order valence-electron chi connectivity index (χ1n) is 10.9. The van der Waals surface area contributed by atoms with Crippen LogP contribution in [0.1, 0.15) is 28.8 Å². The molecule has 1 aliphatic carbocycles. The summed E-state index contributed by atoms with van der Waals surface area (Å²) in [5.41, 5.74) is 3.65. The third-order valence-corrected chi connectivity index (χ3v) is 5.69. The summed E-state index contributed by atoms with van der Waals surface area (Å²) in [6.07, 6.45) is 1.90. The largest absolute Gasteiger partial charge is 0.378 e. The number of ether oxygens (including phenoxy) is 1. The van der Waals surface area contributed by atoms with Crippen molar-refractivity contribution in [3.05, 3.63) is 53.6 Å². The summed E-state index contributed by atoms with van der Waals surface area (Å²) in [7, 11) is 0. The molecule has 32 heavy (non-hydrogen) atoms. The molecule has 0 unspecified atom stereocenters. The molecule has 2 aliphatic rings. The maximum atomic E-state index is 12.5. The molecule has 8 heteroatoms. The van der Waals surface area contributed by atoms with E-state index in [0.717, 1.165) is 29.8 Å². The number of morpholine rings is 1. The lowest BCUT2D eigenvalue weighted by atomic mass is 10.1. The number of carbonyl (C=O) groups is 3. The van der Waals surface area contributed by atoms with Gasteiger partial charge in [-0.1, -0.05) is 6.07 Å². The number of rotatable bonds is 7. The average molecular weight is 437 g/mol. The fourth-order valence-corrected chi connectivity index (χ4v) is 3.57. The first-order valence-corrected chi connectivity index (χ1v) is 10.9. The second-order valence-corrected chi connectivity index (χ2v) is 8.13. The van der Waals surface area contributed by atoms with Gasteiger partial charge >= 0.3 is 0 Å². The highest BCUT2D eigenvalue weighted by atomic mass is 16.5. The van der Waals surface area contributed by atoms with Crippen molar-refractivity contribution in [3.8, 4) is 0 Å². The molecule has 1 aliphatic heterocycles. The molecule has 3 N–H and O–H groups in total. The van der Waals surface area contributed by atoms with E-state index in [1.54, 1.807) is 29.2 Å². The van der Waals surface area contributed by atoms with Crippen molar-refractivity contribution in [3.63, 3.8) is 0 Å². The van der Waals surface area contributed by atoms with Gasteiger partial charge in [0.2, 0.25) is 11.8 Å². The molecule has 4 rings (SSSR count). The van der Waals surface area contributed by atoms with Crippen LogP contribution in [0.5, 0.6) is 0 Å². The van der Waals surface area contributed by atoms with Crippen LogP contribution in [0.3, 0.4) is 0 Å². The van der Waals surface area contributed by atoms with Gasteiger partial charge in [0.15, 0.2) is 0 Å². The Balaban J connectivity index is 1.29. The van der Waals surface area contributed by atoms with Crippen molar-refractivity contribution in [1.82, 2.24) is 4.90 Å². The molecule has 2 aromatic rings. The third-order valence-electron chi connectivity index (χ3n) is 5.69. The molecule has 8 nitrogen and oxygen atoms in total. The van der Waals surface area contributed by atoms with E-state index in [0.29, 0.717) is 37.6 Å². The number of hydrogen-bond donors (Lipinski definition) is 3. The second kappa shape index (κ2) is 9.82. The first-order chi connectivity index (χ1) is 15.5. The zero-order valence-electron chi connectivity index (χ0n) is 18.1. The maximum absolute atomic E-state index is 12.5. The number of hydrogen-bond acceptors (Lipinski definition) is 5. The van der Waals surface area contributed by atoms with Gasteiger partial charge in [-0.2, -0.15) is 0 Å². The molecule has 0 atom stereocenters. The Kier molecular flexibility index (Phi) is 6.70.